The fourth-order valence-corrected chi connectivity index (χ4v) is 0.915. The lowest BCUT2D eigenvalue weighted by molar-refractivity contribution is 0.413. The normalized spacial score (nSPS) is 8.62. The fraction of sp³-hybridized carbons (Fsp3) is 0.111. The molecule has 3 nitrogen and oxygen atoms in total. The van der Waals surface area contributed by atoms with Gasteiger partial charge in [0.15, 0.2) is 0 Å². The Bertz CT molecular complexity index is 340. The SMILES string of the molecule is COC(=S)Nc1ccc(C#N)cc1. The first-order valence-electron chi connectivity index (χ1n) is 3.61. The van der Waals surface area contributed by atoms with E-state index in [0.717, 1.165) is 5.69 Å². The second kappa shape index (κ2) is 4.43. The molecular weight excluding hydrogens is 184 g/mol. The molecule has 1 aromatic rings. The van der Waals surface area contributed by atoms with Crippen LogP contribution in [0.3, 0.4) is 0 Å². The number of ether oxygens (including phenoxy) is 1. The monoisotopic (exact) mass is 192 g/mol. The lowest BCUT2D eigenvalue weighted by Crippen LogP contribution is -2.10. The van der Waals surface area contributed by atoms with Crippen LogP contribution in [-0.4, -0.2) is 12.3 Å². The topological polar surface area (TPSA) is 45.0 Å². The van der Waals surface area contributed by atoms with Crippen LogP contribution in [-0.2, 0) is 4.74 Å². The Balaban J connectivity index is 2.71. The third kappa shape index (κ3) is 2.73. The van der Waals surface area contributed by atoms with Crippen molar-refractivity contribution < 1.29 is 4.74 Å². The molecule has 0 spiro atoms. The van der Waals surface area contributed by atoms with Gasteiger partial charge in [0.05, 0.1) is 18.7 Å². The fourth-order valence-electron chi connectivity index (χ4n) is 0.797. The lowest BCUT2D eigenvalue weighted by Gasteiger charge is -2.05. The van der Waals surface area contributed by atoms with Crippen LogP contribution in [0.25, 0.3) is 0 Å². The first-order chi connectivity index (χ1) is 6.26. The summed E-state index contributed by atoms with van der Waals surface area (Å²) < 4.78 is 4.77. The highest BCUT2D eigenvalue weighted by Crippen LogP contribution is 2.08. The molecule has 0 saturated carbocycles. The van der Waals surface area contributed by atoms with E-state index in [4.69, 9.17) is 22.2 Å². The maximum absolute atomic E-state index is 8.54. The van der Waals surface area contributed by atoms with Crippen molar-refractivity contribution in [3.63, 3.8) is 0 Å². The quantitative estimate of drug-likeness (QED) is 0.690. The summed E-state index contributed by atoms with van der Waals surface area (Å²) in [6.07, 6.45) is 0. The number of hydrogen-bond donors (Lipinski definition) is 1. The van der Waals surface area contributed by atoms with Gasteiger partial charge in [-0.15, -0.1) is 0 Å². The third-order valence-corrected chi connectivity index (χ3v) is 1.71. The van der Waals surface area contributed by atoms with Crippen molar-refractivity contribution in [2.24, 2.45) is 0 Å². The number of methoxy groups -OCH3 is 1. The zero-order valence-corrected chi connectivity index (χ0v) is 7.89. The second-order valence-electron chi connectivity index (χ2n) is 2.31. The Morgan fingerprint density at radius 1 is 1.46 bits per heavy atom. The van der Waals surface area contributed by atoms with E-state index in [0.29, 0.717) is 10.7 Å². The van der Waals surface area contributed by atoms with Gasteiger partial charge in [-0.1, -0.05) is 0 Å². The van der Waals surface area contributed by atoms with Gasteiger partial charge in [-0.25, -0.2) is 0 Å². The average molecular weight is 192 g/mol. The molecule has 0 atom stereocenters. The summed E-state index contributed by atoms with van der Waals surface area (Å²) in [5.74, 6) is 0. The molecule has 66 valence electrons. The van der Waals surface area contributed by atoms with Gasteiger partial charge in [-0.05, 0) is 36.5 Å². The second-order valence-corrected chi connectivity index (χ2v) is 2.68. The minimum Gasteiger partial charge on any atom is -0.474 e. The van der Waals surface area contributed by atoms with Gasteiger partial charge in [0.25, 0.3) is 5.17 Å². The minimum atomic E-state index is 0.310. The Morgan fingerprint density at radius 2 is 2.08 bits per heavy atom. The molecule has 0 aliphatic rings. The maximum atomic E-state index is 8.54. The molecule has 0 amide bonds. The maximum Gasteiger partial charge on any atom is 0.260 e. The lowest BCUT2D eigenvalue weighted by atomic mass is 10.2. The Kier molecular flexibility index (Phi) is 3.23. The van der Waals surface area contributed by atoms with Crippen LogP contribution in [0.4, 0.5) is 5.69 Å². The van der Waals surface area contributed by atoms with Gasteiger partial charge in [-0.3, -0.25) is 0 Å². The van der Waals surface area contributed by atoms with E-state index in [1.54, 1.807) is 24.3 Å². The highest BCUT2D eigenvalue weighted by Gasteiger charge is 1.95. The van der Waals surface area contributed by atoms with E-state index >= 15 is 0 Å². The molecule has 4 heteroatoms. The molecule has 1 aromatic carbocycles. The van der Waals surface area contributed by atoms with Crippen molar-refractivity contribution in [2.75, 3.05) is 12.4 Å². The van der Waals surface area contributed by atoms with Crippen LogP contribution < -0.4 is 5.32 Å². The van der Waals surface area contributed by atoms with Gasteiger partial charge in [0, 0.05) is 5.69 Å². The Morgan fingerprint density at radius 3 is 2.54 bits per heavy atom. The van der Waals surface area contributed by atoms with Crippen LogP contribution >= 0.6 is 12.2 Å². The number of thiocarbonyl (C=S) groups is 1. The van der Waals surface area contributed by atoms with Crippen LogP contribution in [0.5, 0.6) is 0 Å². The number of benzene rings is 1. The average Bonchev–Trinajstić information content (AvgIpc) is 2.19. The van der Waals surface area contributed by atoms with Gasteiger partial charge in [0.2, 0.25) is 0 Å². The first-order valence-corrected chi connectivity index (χ1v) is 4.02. The smallest absolute Gasteiger partial charge is 0.260 e. The molecular formula is C9H8N2OS. The van der Waals surface area contributed by atoms with E-state index < -0.39 is 0 Å². The van der Waals surface area contributed by atoms with Crippen molar-refractivity contribution in [1.29, 1.82) is 5.26 Å². The third-order valence-electron chi connectivity index (χ3n) is 1.45. The van der Waals surface area contributed by atoms with E-state index in [1.165, 1.54) is 7.11 Å². The van der Waals surface area contributed by atoms with Gasteiger partial charge >= 0.3 is 0 Å². The molecule has 0 saturated heterocycles. The van der Waals surface area contributed by atoms with Crippen LogP contribution in [0, 0.1) is 11.3 Å². The van der Waals surface area contributed by atoms with E-state index in [9.17, 15) is 0 Å². The van der Waals surface area contributed by atoms with Crippen molar-refractivity contribution in [3.05, 3.63) is 29.8 Å². The van der Waals surface area contributed by atoms with Crippen molar-refractivity contribution in [3.8, 4) is 6.07 Å². The molecule has 0 heterocycles. The molecule has 0 radical (unpaired) electrons. The predicted molar refractivity (Wildman–Crippen MR) is 54.4 cm³/mol. The number of nitriles is 1. The number of rotatable bonds is 1. The first kappa shape index (κ1) is 9.49. The number of nitrogens with one attached hydrogen (secondary N) is 1. The molecule has 1 N–H and O–H groups in total. The summed E-state index contributed by atoms with van der Waals surface area (Å²) in [4.78, 5) is 0. The van der Waals surface area contributed by atoms with Gasteiger partial charge in [0.1, 0.15) is 0 Å². The number of anilines is 1. The number of nitrogens with zero attached hydrogens (tertiary/aromatic N) is 1. The summed E-state index contributed by atoms with van der Waals surface area (Å²) in [6.45, 7) is 0. The zero-order valence-electron chi connectivity index (χ0n) is 7.07. The van der Waals surface area contributed by atoms with Crippen LogP contribution in [0.1, 0.15) is 5.56 Å². The van der Waals surface area contributed by atoms with Crippen molar-refractivity contribution in [1.82, 2.24) is 0 Å². The number of hydrogen-bond acceptors (Lipinski definition) is 3. The summed E-state index contributed by atoms with van der Waals surface area (Å²) in [5.41, 5.74) is 1.43. The summed E-state index contributed by atoms with van der Waals surface area (Å²) in [7, 11) is 1.50. The Hall–Kier alpha value is -1.60. The zero-order chi connectivity index (χ0) is 9.68. The van der Waals surface area contributed by atoms with E-state index in [-0.39, 0.29) is 0 Å². The molecule has 0 bridgehead atoms. The summed E-state index contributed by atoms with van der Waals surface area (Å²) in [5, 5.41) is 11.7. The molecule has 0 aliphatic heterocycles. The highest BCUT2D eigenvalue weighted by molar-refractivity contribution is 7.80. The predicted octanol–water partition coefficient (Wildman–Crippen LogP) is 1.90. The summed E-state index contributed by atoms with van der Waals surface area (Å²) >= 11 is 4.80. The van der Waals surface area contributed by atoms with Crippen LogP contribution in [0.2, 0.25) is 0 Å². The van der Waals surface area contributed by atoms with Gasteiger partial charge < -0.3 is 10.1 Å². The molecule has 0 unspecified atom stereocenters. The van der Waals surface area contributed by atoms with Crippen LogP contribution in [0.15, 0.2) is 24.3 Å². The molecule has 0 fully saturated rings. The molecule has 1 rings (SSSR count). The molecule has 0 aliphatic carbocycles. The van der Waals surface area contributed by atoms with E-state index in [1.807, 2.05) is 6.07 Å². The van der Waals surface area contributed by atoms with Gasteiger partial charge in [-0.2, -0.15) is 5.26 Å². The summed E-state index contributed by atoms with van der Waals surface area (Å²) in [6, 6.07) is 8.98. The van der Waals surface area contributed by atoms with Crippen molar-refractivity contribution >= 4 is 23.1 Å². The standard InChI is InChI=1S/C9H8N2OS/c1-12-9(13)11-8-4-2-7(6-10)3-5-8/h2-5H,1H3,(H,11,13). The molecule has 0 aromatic heterocycles. The van der Waals surface area contributed by atoms with E-state index in [2.05, 4.69) is 5.32 Å². The molecule has 13 heavy (non-hydrogen) atoms. The minimum absolute atomic E-state index is 0.310. The largest absolute Gasteiger partial charge is 0.474 e. The van der Waals surface area contributed by atoms with Crippen molar-refractivity contribution in [2.45, 2.75) is 0 Å². The highest BCUT2D eigenvalue weighted by atomic mass is 32.1. The Labute approximate surface area is 81.9 Å².